The summed E-state index contributed by atoms with van der Waals surface area (Å²) < 4.78 is 0. The van der Waals surface area contributed by atoms with Crippen LogP contribution in [0.15, 0.2) is 54.6 Å². The van der Waals surface area contributed by atoms with Gasteiger partial charge in [0.2, 0.25) is 0 Å². The molecule has 2 amide bonds. The molecule has 0 unspecified atom stereocenters. The molecule has 0 atom stereocenters. The summed E-state index contributed by atoms with van der Waals surface area (Å²) in [6, 6.07) is 17.7. The second-order valence-corrected chi connectivity index (χ2v) is 5.06. The van der Waals surface area contributed by atoms with Crippen molar-refractivity contribution in [1.82, 2.24) is 5.32 Å². The molecule has 0 radical (unpaired) electrons. The van der Waals surface area contributed by atoms with E-state index in [9.17, 15) is 4.79 Å². The molecule has 0 aliphatic heterocycles. The molecule has 2 aromatic rings. The Kier molecular flexibility index (Phi) is 5.21. The Bertz CT molecular complexity index is 564. The summed E-state index contributed by atoms with van der Waals surface area (Å²) in [7, 11) is 3.97. The Balaban J connectivity index is 1.76. The minimum atomic E-state index is -0.177. The van der Waals surface area contributed by atoms with Gasteiger partial charge in [0.15, 0.2) is 0 Å². The summed E-state index contributed by atoms with van der Waals surface area (Å²) >= 11 is 0. The molecule has 110 valence electrons. The molecule has 0 aliphatic rings. The van der Waals surface area contributed by atoms with Crippen LogP contribution in [0.4, 0.5) is 16.2 Å². The number of hydrogen-bond acceptors (Lipinski definition) is 2. The summed E-state index contributed by atoms with van der Waals surface area (Å²) in [6.45, 7) is 0.617. The maximum absolute atomic E-state index is 11.8. The first-order valence-corrected chi connectivity index (χ1v) is 7.01. The van der Waals surface area contributed by atoms with Gasteiger partial charge in [-0.3, -0.25) is 0 Å². The SMILES string of the molecule is CN(C)c1ccc(NC(=O)NCCc2ccccc2)cc1. The van der Waals surface area contributed by atoms with E-state index >= 15 is 0 Å². The predicted octanol–water partition coefficient (Wildman–Crippen LogP) is 3.12. The largest absolute Gasteiger partial charge is 0.378 e. The molecule has 0 fully saturated rings. The third-order valence-corrected chi connectivity index (χ3v) is 3.18. The summed E-state index contributed by atoms with van der Waals surface area (Å²) in [5.74, 6) is 0. The Morgan fingerprint density at radius 1 is 1.00 bits per heavy atom. The van der Waals surface area contributed by atoms with Gasteiger partial charge in [-0.05, 0) is 36.2 Å². The van der Waals surface area contributed by atoms with Gasteiger partial charge < -0.3 is 15.5 Å². The van der Waals surface area contributed by atoms with Crippen molar-refractivity contribution in [2.24, 2.45) is 0 Å². The average Bonchev–Trinajstić information content (AvgIpc) is 2.49. The van der Waals surface area contributed by atoms with E-state index in [4.69, 9.17) is 0 Å². The molecule has 0 aromatic heterocycles. The van der Waals surface area contributed by atoms with Crippen LogP contribution < -0.4 is 15.5 Å². The van der Waals surface area contributed by atoms with Crippen molar-refractivity contribution in [3.05, 3.63) is 60.2 Å². The molecule has 0 aliphatic carbocycles. The normalized spacial score (nSPS) is 10.0. The van der Waals surface area contributed by atoms with Crippen molar-refractivity contribution >= 4 is 17.4 Å². The zero-order valence-corrected chi connectivity index (χ0v) is 12.5. The van der Waals surface area contributed by atoms with E-state index in [2.05, 4.69) is 22.8 Å². The molecule has 2 rings (SSSR count). The van der Waals surface area contributed by atoms with E-state index in [0.717, 1.165) is 17.8 Å². The lowest BCUT2D eigenvalue weighted by Gasteiger charge is -2.13. The highest BCUT2D eigenvalue weighted by molar-refractivity contribution is 5.89. The van der Waals surface area contributed by atoms with E-state index < -0.39 is 0 Å². The number of nitrogens with one attached hydrogen (secondary N) is 2. The quantitative estimate of drug-likeness (QED) is 0.885. The van der Waals surface area contributed by atoms with Crippen LogP contribution in [-0.4, -0.2) is 26.7 Å². The number of hydrogen-bond donors (Lipinski definition) is 2. The third kappa shape index (κ3) is 4.84. The Labute approximate surface area is 125 Å². The number of anilines is 2. The van der Waals surface area contributed by atoms with Crippen molar-refractivity contribution in [1.29, 1.82) is 0 Å². The molecule has 4 heteroatoms. The van der Waals surface area contributed by atoms with Gasteiger partial charge in [-0.15, -0.1) is 0 Å². The smallest absolute Gasteiger partial charge is 0.319 e. The van der Waals surface area contributed by atoms with E-state index in [1.165, 1.54) is 5.56 Å². The molecule has 0 saturated heterocycles. The number of benzene rings is 2. The third-order valence-electron chi connectivity index (χ3n) is 3.18. The Hall–Kier alpha value is -2.49. The monoisotopic (exact) mass is 283 g/mol. The summed E-state index contributed by atoms with van der Waals surface area (Å²) in [5, 5.41) is 5.68. The zero-order valence-electron chi connectivity index (χ0n) is 12.5. The molecule has 2 N–H and O–H groups in total. The summed E-state index contributed by atoms with van der Waals surface area (Å²) in [4.78, 5) is 13.8. The van der Waals surface area contributed by atoms with Crippen LogP contribution in [0.2, 0.25) is 0 Å². The number of urea groups is 1. The first kappa shape index (κ1) is 14.9. The second-order valence-electron chi connectivity index (χ2n) is 5.06. The number of carbonyl (C=O) groups excluding carboxylic acids is 1. The number of amides is 2. The average molecular weight is 283 g/mol. The molecule has 21 heavy (non-hydrogen) atoms. The van der Waals surface area contributed by atoms with Crippen LogP contribution >= 0.6 is 0 Å². The van der Waals surface area contributed by atoms with Gasteiger partial charge in [0, 0.05) is 32.0 Å². The first-order chi connectivity index (χ1) is 10.1. The molecular weight excluding hydrogens is 262 g/mol. The van der Waals surface area contributed by atoms with Crippen molar-refractivity contribution in [2.45, 2.75) is 6.42 Å². The standard InChI is InChI=1S/C17H21N3O/c1-20(2)16-10-8-15(9-11-16)19-17(21)18-13-12-14-6-4-3-5-7-14/h3-11H,12-13H2,1-2H3,(H2,18,19,21). The Morgan fingerprint density at radius 3 is 2.29 bits per heavy atom. The van der Waals surface area contributed by atoms with Crippen LogP contribution in [0.5, 0.6) is 0 Å². The molecule has 0 spiro atoms. The Morgan fingerprint density at radius 2 is 1.67 bits per heavy atom. The van der Waals surface area contributed by atoms with Gasteiger partial charge in [0.25, 0.3) is 0 Å². The summed E-state index contributed by atoms with van der Waals surface area (Å²) in [6.07, 6.45) is 0.827. The van der Waals surface area contributed by atoms with Crippen LogP contribution in [-0.2, 0) is 6.42 Å². The van der Waals surface area contributed by atoms with Gasteiger partial charge in [-0.25, -0.2) is 4.79 Å². The number of nitrogens with zero attached hydrogens (tertiary/aromatic N) is 1. The van der Waals surface area contributed by atoms with Crippen molar-refractivity contribution < 1.29 is 4.79 Å². The molecule has 4 nitrogen and oxygen atoms in total. The maximum atomic E-state index is 11.8. The van der Waals surface area contributed by atoms with Crippen LogP contribution in [0, 0.1) is 0 Å². The van der Waals surface area contributed by atoms with Crippen molar-refractivity contribution in [3.63, 3.8) is 0 Å². The number of rotatable bonds is 5. The topological polar surface area (TPSA) is 44.4 Å². The summed E-state index contributed by atoms with van der Waals surface area (Å²) in [5.41, 5.74) is 3.11. The van der Waals surface area contributed by atoms with Crippen LogP contribution in [0.3, 0.4) is 0 Å². The van der Waals surface area contributed by atoms with E-state index in [0.29, 0.717) is 6.54 Å². The van der Waals surface area contributed by atoms with E-state index in [1.54, 1.807) is 0 Å². The predicted molar refractivity (Wildman–Crippen MR) is 87.9 cm³/mol. The highest BCUT2D eigenvalue weighted by Crippen LogP contribution is 2.15. The molecule has 0 bridgehead atoms. The van der Waals surface area contributed by atoms with Gasteiger partial charge >= 0.3 is 6.03 Å². The van der Waals surface area contributed by atoms with Crippen molar-refractivity contribution in [3.8, 4) is 0 Å². The molecular formula is C17H21N3O. The fourth-order valence-electron chi connectivity index (χ4n) is 1.98. The van der Waals surface area contributed by atoms with Gasteiger partial charge in [-0.2, -0.15) is 0 Å². The molecule has 0 saturated carbocycles. The van der Waals surface area contributed by atoms with E-state index in [1.807, 2.05) is 61.5 Å². The lowest BCUT2D eigenvalue weighted by molar-refractivity contribution is 0.252. The van der Waals surface area contributed by atoms with Crippen molar-refractivity contribution in [2.75, 3.05) is 30.9 Å². The highest BCUT2D eigenvalue weighted by Gasteiger charge is 2.02. The fraction of sp³-hybridized carbons (Fsp3) is 0.235. The molecule has 0 heterocycles. The van der Waals surface area contributed by atoms with Gasteiger partial charge in [0.1, 0.15) is 0 Å². The number of carbonyl (C=O) groups is 1. The highest BCUT2D eigenvalue weighted by atomic mass is 16.2. The van der Waals surface area contributed by atoms with Gasteiger partial charge in [0.05, 0.1) is 0 Å². The van der Waals surface area contributed by atoms with Gasteiger partial charge in [-0.1, -0.05) is 30.3 Å². The lowest BCUT2D eigenvalue weighted by atomic mass is 10.1. The minimum absolute atomic E-state index is 0.177. The maximum Gasteiger partial charge on any atom is 0.319 e. The first-order valence-electron chi connectivity index (χ1n) is 7.01. The van der Waals surface area contributed by atoms with E-state index in [-0.39, 0.29) is 6.03 Å². The second kappa shape index (κ2) is 7.33. The van der Waals surface area contributed by atoms with Crippen LogP contribution in [0.1, 0.15) is 5.56 Å². The van der Waals surface area contributed by atoms with Crippen LogP contribution in [0.25, 0.3) is 0 Å². The lowest BCUT2D eigenvalue weighted by Crippen LogP contribution is -2.30. The fourth-order valence-corrected chi connectivity index (χ4v) is 1.98. The zero-order chi connectivity index (χ0) is 15.1. The molecule has 2 aromatic carbocycles. The minimum Gasteiger partial charge on any atom is -0.378 e.